The Labute approximate surface area is 127 Å². The van der Waals surface area contributed by atoms with Crippen molar-refractivity contribution in [2.24, 2.45) is 0 Å². The highest BCUT2D eigenvalue weighted by Crippen LogP contribution is 2.18. The number of halogens is 1. The van der Waals surface area contributed by atoms with E-state index in [1.165, 1.54) is 7.05 Å². The molecule has 0 spiro atoms. The predicted molar refractivity (Wildman–Crippen MR) is 79.5 cm³/mol. The van der Waals surface area contributed by atoms with Crippen molar-refractivity contribution < 1.29 is 18.3 Å². The molecule has 0 aromatic heterocycles. The molecule has 0 fully saturated rings. The van der Waals surface area contributed by atoms with Gasteiger partial charge in [-0.3, -0.25) is 4.79 Å². The van der Waals surface area contributed by atoms with Gasteiger partial charge in [-0.25, -0.2) is 0 Å². The molecular formula is C12H17BrN2O4S. The van der Waals surface area contributed by atoms with E-state index < -0.39 is 22.2 Å². The zero-order chi connectivity index (χ0) is 15.3. The summed E-state index contributed by atoms with van der Waals surface area (Å²) >= 11 is 3.33. The van der Waals surface area contributed by atoms with Crippen molar-refractivity contribution in [1.29, 1.82) is 0 Å². The molecule has 8 heteroatoms. The lowest BCUT2D eigenvalue weighted by molar-refractivity contribution is -0.137. The lowest BCUT2D eigenvalue weighted by Crippen LogP contribution is -2.40. The van der Waals surface area contributed by atoms with E-state index in [9.17, 15) is 13.2 Å². The van der Waals surface area contributed by atoms with Gasteiger partial charge in [0.25, 0.3) is 10.2 Å². The van der Waals surface area contributed by atoms with Crippen molar-refractivity contribution >= 4 is 32.1 Å². The molecule has 1 aromatic rings. The zero-order valence-corrected chi connectivity index (χ0v) is 13.6. The van der Waals surface area contributed by atoms with Gasteiger partial charge in [-0.15, -0.1) is 0 Å². The lowest BCUT2D eigenvalue weighted by Gasteiger charge is -2.21. The molecule has 0 aliphatic rings. The molecule has 112 valence electrons. The maximum atomic E-state index is 12.0. The van der Waals surface area contributed by atoms with Crippen LogP contribution in [0.4, 0.5) is 0 Å². The van der Waals surface area contributed by atoms with Gasteiger partial charge in [0, 0.05) is 24.1 Å². The second-order valence-electron chi connectivity index (χ2n) is 4.36. The summed E-state index contributed by atoms with van der Waals surface area (Å²) in [5.41, 5.74) is 0.814. The van der Waals surface area contributed by atoms with Crippen molar-refractivity contribution in [3.8, 4) is 0 Å². The molecule has 0 bridgehead atoms. The van der Waals surface area contributed by atoms with Crippen molar-refractivity contribution in [2.45, 2.75) is 19.4 Å². The molecule has 2 N–H and O–H groups in total. The largest absolute Gasteiger partial charge is 0.481 e. The van der Waals surface area contributed by atoms with Gasteiger partial charge in [0.15, 0.2) is 0 Å². The summed E-state index contributed by atoms with van der Waals surface area (Å²) in [6.45, 7) is 1.65. The molecule has 0 aliphatic carbocycles. The first-order valence-corrected chi connectivity index (χ1v) is 8.16. The van der Waals surface area contributed by atoms with Gasteiger partial charge in [0.2, 0.25) is 0 Å². The van der Waals surface area contributed by atoms with Crippen LogP contribution in [0.25, 0.3) is 0 Å². The quantitative estimate of drug-likeness (QED) is 0.771. The van der Waals surface area contributed by atoms with E-state index in [0.717, 1.165) is 14.3 Å². The second kappa shape index (κ2) is 7.16. The molecule has 1 unspecified atom stereocenters. The molecule has 6 nitrogen and oxygen atoms in total. The van der Waals surface area contributed by atoms with Crippen molar-refractivity contribution in [1.82, 2.24) is 9.03 Å². The van der Waals surface area contributed by atoms with Crippen LogP contribution in [0.15, 0.2) is 28.7 Å². The normalized spacial score (nSPS) is 13.4. The zero-order valence-electron chi connectivity index (χ0n) is 11.2. The third kappa shape index (κ3) is 5.20. The molecule has 0 heterocycles. The molecule has 0 saturated carbocycles. The van der Waals surface area contributed by atoms with Gasteiger partial charge in [-0.2, -0.15) is 17.4 Å². The first kappa shape index (κ1) is 17.1. The number of benzene rings is 1. The van der Waals surface area contributed by atoms with Crippen LogP contribution in [-0.4, -0.2) is 37.4 Å². The molecule has 20 heavy (non-hydrogen) atoms. The van der Waals surface area contributed by atoms with Crippen LogP contribution in [0.3, 0.4) is 0 Å². The Bertz CT molecular complexity index is 577. The number of nitrogens with one attached hydrogen (secondary N) is 1. The van der Waals surface area contributed by atoms with Crippen molar-refractivity contribution in [3.05, 3.63) is 34.3 Å². The van der Waals surface area contributed by atoms with Crippen molar-refractivity contribution in [3.63, 3.8) is 0 Å². The summed E-state index contributed by atoms with van der Waals surface area (Å²) in [6.07, 6.45) is -0.233. The van der Waals surface area contributed by atoms with Gasteiger partial charge in [0.05, 0.1) is 6.42 Å². The maximum absolute atomic E-state index is 12.0. The van der Waals surface area contributed by atoms with Gasteiger partial charge in [-0.05, 0) is 24.6 Å². The fourth-order valence-electron chi connectivity index (χ4n) is 1.53. The van der Waals surface area contributed by atoms with E-state index in [0.29, 0.717) is 0 Å². The Kier molecular flexibility index (Phi) is 6.12. The standard InChI is InChI=1S/C12H17BrN2O4S/c1-9(10-4-3-5-11(13)8-10)14-20(18,19)15(2)7-6-12(16)17/h3-5,8-9,14H,6-7H2,1-2H3,(H,16,17). The molecular weight excluding hydrogens is 348 g/mol. The third-order valence-electron chi connectivity index (χ3n) is 2.73. The van der Waals surface area contributed by atoms with E-state index in [1.54, 1.807) is 6.92 Å². The van der Waals surface area contributed by atoms with Crippen LogP contribution in [0.5, 0.6) is 0 Å². The number of aliphatic carboxylic acids is 1. The minimum absolute atomic E-state index is 0.0735. The molecule has 1 rings (SSSR count). The minimum Gasteiger partial charge on any atom is -0.481 e. The number of hydrogen-bond acceptors (Lipinski definition) is 3. The van der Waals surface area contributed by atoms with E-state index in [-0.39, 0.29) is 13.0 Å². The van der Waals surface area contributed by atoms with Crippen molar-refractivity contribution in [2.75, 3.05) is 13.6 Å². The summed E-state index contributed by atoms with van der Waals surface area (Å²) < 4.78 is 28.4. The molecule has 1 aromatic carbocycles. The smallest absolute Gasteiger partial charge is 0.304 e. The number of carboxylic acid groups (broad SMARTS) is 1. The minimum atomic E-state index is -3.71. The second-order valence-corrected chi connectivity index (χ2v) is 7.09. The van der Waals surface area contributed by atoms with Crippen LogP contribution in [-0.2, 0) is 15.0 Å². The van der Waals surface area contributed by atoms with Gasteiger partial charge in [-0.1, -0.05) is 28.1 Å². The maximum Gasteiger partial charge on any atom is 0.304 e. The van der Waals surface area contributed by atoms with Crippen LogP contribution in [0, 0.1) is 0 Å². The average Bonchev–Trinajstić information content (AvgIpc) is 2.35. The fraction of sp³-hybridized carbons (Fsp3) is 0.417. The number of rotatable bonds is 7. The SMILES string of the molecule is CC(NS(=O)(=O)N(C)CCC(=O)O)c1cccc(Br)c1. The average molecular weight is 365 g/mol. The monoisotopic (exact) mass is 364 g/mol. The summed E-state index contributed by atoms with van der Waals surface area (Å²) in [4.78, 5) is 10.5. The summed E-state index contributed by atoms with van der Waals surface area (Å²) in [6, 6.07) is 6.89. The summed E-state index contributed by atoms with van der Waals surface area (Å²) in [5, 5.41) is 8.57. The lowest BCUT2D eigenvalue weighted by atomic mass is 10.1. The highest BCUT2D eigenvalue weighted by molar-refractivity contribution is 9.10. The molecule has 0 saturated heterocycles. The number of carbonyl (C=O) groups is 1. The Morgan fingerprint density at radius 2 is 2.15 bits per heavy atom. The first-order valence-electron chi connectivity index (χ1n) is 5.93. The Balaban J connectivity index is 2.72. The Morgan fingerprint density at radius 1 is 1.50 bits per heavy atom. The molecule has 0 aliphatic heterocycles. The Morgan fingerprint density at radius 3 is 2.70 bits per heavy atom. The Hall–Kier alpha value is -0.960. The predicted octanol–water partition coefficient (Wildman–Crippen LogP) is 1.75. The summed E-state index contributed by atoms with van der Waals surface area (Å²) in [5.74, 6) is -1.04. The highest BCUT2D eigenvalue weighted by atomic mass is 79.9. The van der Waals surface area contributed by atoms with Crippen LogP contribution >= 0.6 is 15.9 Å². The number of carboxylic acids is 1. The number of nitrogens with zero attached hydrogens (tertiary/aromatic N) is 1. The van der Waals surface area contributed by atoms with Gasteiger partial charge < -0.3 is 5.11 Å². The van der Waals surface area contributed by atoms with E-state index in [2.05, 4.69) is 20.7 Å². The van der Waals surface area contributed by atoms with E-state index in [4.69, 9.17) is 5.11 Å². The topological polar surface area (TPSA) is 86.7 Å². The molecule has 1 atom stereocenters. The first-order chi connectivity index (χ1) is 9.22. The van der Waals surface area contributed by atoms with Crippen LogP contribution in [0.1, 0.15) is 24.9 Å². The fourth-order valence-corrected chi connectivity index (χ4v) is 3.04. The third-order valence-corrected chi connectivity index (χ3v) is 4.87. The molecule has 0 amide bonds. The molecule has 0 radical (unpaired) electrons. The van der Waals surface area contributed by atoms with E-state index in [1.807, 2.05) is 24.3 Å². The number of hydrogen-bond donors (Lipinski definition) is 2. The van der Waals surface area contributed by atoms with Crippen LogP contribution < -0.4 is 4.72 Å². The highest BCUT2D eigenvalue weighted by Gasteiger charge is 2.21. The van der Waals surface area contributed by atoms with Crippen LogP contribution in [0.2, 0.25) is 0 Å². The van der Waals surface area contributed by atoms with Gasteiger partial charge in [0.1, 0.15) is 0 Å². The van der Waals surface area contributed by atoms with E-state index >= 15 is 0 Å². The van der Waals surface area contributed by atoms with Gasteiger partial charge >= 0.3 is 5.97 Å². The summed E-state index contributed by atoms with van der Waals surface area (Å²) in [7, 11) is -2.37.